The van der Waals surface area contributed by atoms with Gasteiger partial charge in [-0.3, -0.25) is 0 Å². The van der Waals surface area contributed by atoms with E-state index in [0.717, 1.165) is 6.42 Å². The lowest BCUT2D eigenvalue weighted by atomic mass is 9.80. The van der Waals surface area contributed by atoms with Gasteiger partial charge in [-0.2, -0.15) is 0 Å². The highest BCUT2D eigenvalue weighted by Gasteiger charge is 2.47. The quantitative estimate of drug-likeness (QED) is 0.785. The van der Waals surface area contributed by atoms with Crippen molar-refractivity contribution in [1.82, 2.24) is 0 Å². The number of ether oxygens (including phenoxy) is 1. The molecule has 0 aromatic heterocycles. The molecule has 1 aliphatic carbocycles. The molecule has 0 saturated carbocycles. The van der Waals surface area contributed by atoms with E-state index in [1.165, 1.54) is 11.1 Å². The lowest BCUT2D eigenvalue weighted by molar-refractivity contribution is 0.00136. The molecule has 1 nitrogen and oxygen atoms in total. The molecule has 2 aromatic carbocycles. The Kier molecular flexibility index (Phi) is 3.01. The minimum atomic E-state index is -0.336. The Morgan fingerprint density at radius 1 is 0.762 bits per heavy atom. The number of benzene rings is 2. The van der Waals surface area contributed by atoms with E-state index in [1.54, 1.807) is 0 Å². The van der Waals surface area contributed by atoms with E-state index < -0.39 is 0 Å². The maximum Gasteiger partial charge on any atom is 0.120 e. The van der Waals surface area contributed by atoms with Crippen molar-refractivity contribution in [3.63, 3.8) is 0 Å². The van der Waals surface area contributed by atoms with Crippen molar-refractivity contribution < 1.29 is 4.74 Å². The van der Waals surface area contributed by atoms with E-state index in [2.05, 4.69) is 85.0 Å². The molecule has 21 heavy (non-hydrogen) atoms. The smallest absolute Gasteiger partial charge is 0.120 e. The van der Waals surface area contributed by atoms with Gasteiger partial charge < -0.3 is 4.74 Å². The van der Waals surface area contributed by atoms with Crippen molar-refractivity contribution in [1.29, 1.82) is 0 Å². The van der Waals surface area contributed by atoms with Gasteiger partial charge in [0.25, 0.3) is 0 Å². The number of hydrogen-bond donors (Lipinski definition) is 0. The van der Waals surface area contributed by atoms with E-state index in [-0.39, 0.29) is 11.7 Å². The second-order valence-corrected chi connectivity index (χ2v) is 5.78. The highest BCUT2D eigenvalue weighted by Crippen LogP contribution is 2.48. The van der Waals surface area contributed by atoms with Gasteiger partial charge in [0.05, 0.1) is 6.10 Å². The molecule has 2 aliphatic rings. The molecule has 1 aliphatic heterocycles. The summed E-state index contributed by atoms with van der Waals surface area (Å²) in [6.45, 7) is 0. The molecule has 104 valence electrons. The second kappa shape index (κ2) is 5.01. The third-order valence-corrected chi connectivity index (χ3v) is 4.53. The molecular weight excluding hydrogens is 256 g/mol. The molecule has 1 heteroatoms. The molecule has 1 heterocycles. The SMILES string of the molecule is C1=C[C@@H]2OC(c3ccccc3)(c3ccccc3)C[C@@H]2C=C1. The summed E-state index contributed by atoms with van der Waals surface area (Å²) in [5.41, 5.74) is 2.15. The van der Waals surface area contributed by atoms with Crippen LogP contribution in [0.25, 0.3) is 0 Å². The van der Waals surface area contributed by atoms with Crippen molar-refractivity contribution in [2.75, 3.05) is 0 Å². The van der Waals surface area contributed by atoms with Crippen molar-refractivity contribution in [3.05, 3.63) is 96.1 Å². The zero-order chi connectivity index (χ0) is 14.1. The number of rotatable bonds is 2. The number of fused-ring (bicyclic) bond motifs is 1. The normalized spacial score (nSPS) is 25.7. The minimum Gasteiger partial charge on any atom is -0.358 e. The Bertz CT molecular complexity index is 608. The number of allylic oxidation sites excluding steroid dienone is 2. The molecule has 1 fully saturated rings. The summed E-state index contributed by atoms with van der Waals surface area (Å²) in [6.07, 6.45) is 9.85. The Morgan fingerprint density at radius 3 is 1.90 bits per heavy atom. The van der Waals surface area contributed by atoms with E-state index in [9.17, 15) is 0 Å². The van der Waals surface area contributed by atoms with Gasteiger partial charge >= 0.3 is 0 Å². The predicted octanol–water partition coefficient (Wildman–Crippen LogP) is 4.46. The fourth-order valence-corrected chi connectivity index (χ4v) is 3.51. The van der Waals surface area contributed by atoms with Crippen LogP contribution in [0.2, 0.25) is 0 Å². The van der Waals surface area contributed by atoms with E-state index in [0.29, 0.717) is 5.92 Å². The predicted molar refractivity (Wildman–Crippen MR) is 84.9 cm³/mol. The fraction of sp³-hybridized carbons (Fsp3) is 0.200. The molecule has 0 bridgehead atoms. The summed E-state index contributed by atoms with van der Waals surface area (Å²) in [5, 5.41) is 0. The first-order chi connectivity index (χ1) is 10.4. The van der Waals surface area contributed by atoms with E-state index >= 15 is 0 Å². The van der Waals surface area contributed by atoms with Crippen LogP contribution in [-0.2, 0) is 10.3 Å². The van der Waals surface area contributed by atoms with Crippen LogP contribution < -0.4 is 0 Å². The molecule has 2 atom stereocenters. The summed E-state index contributed by atoms with van der Waals surface area (Å²) >= 11 is 0. The Hall–Kier alpha value is -2.12. The Balaban J connectivity index is 1.85. The van der Waals surface area contributed by atoms with Crippen LogP contribution in [0.5, 0.6) is 0 Å². The third-order valence-electron chi connectivity index (χ3n) is 4.53. The summed E-state index contributed by atoms with van der Waals surface area (Å²) in [4.78, 5) is 0. The highest BCUT2D eigenvalue weighted by molar-refractivity contribution is 5.39. The maximum atomic E-state index is 6.59. The van der Waals surface area contributed by atoms with Gasteiger partial charge in [-0.05, 0) is 17.5 Å². The molecule has 0 spiro atoms. The van der Waals surface area contributed by atoms with Crippen LogP contribution in [-0.4, -0.2) is 6.10 Å². The standard InChI is InChI=1S/C20H18O/c1-3-10-17(11-4-1)20(18-12-5-2-6-13-18)15-16-9-7-8-14-19(16)21-20/h1-14,16,19H,15H2/t16-,19-/m0/s1. The van der Waals surface area contributed by atoms with Crippen LogP contribution in [0.3, 0.4) is 0 Å². The van der Waals surface area contributed by atoms with Crippen molar-refractivity contribution in [2.45, 2.75) is 18.1 Å². The van der Waals surface area contributed by atoms with Crippen LogP contribution in [0, 0.1) is 5.92 Å². The van der Waals surface area contributed by atoms with Crippen molar-refractivity contribution >= 4 is 0 Å². The van der Waals surface area contributed by atoms with Crippen LogP contribution in [0.4, 0.5) is 0 Å². The zero-order valence-electron chi connectivity index (χ0n) is 11.9. The van der Waals surface area contributed by atoms with Gasteiger partial charge in [-0.25, -0.2) is 0 Å². The summed E-state index contributed by atoms with van der Waals surface area (Å²) in [7, 11) is 0. The average Bonchev–Trinajstić information content (AvgIpc) is 2.97. The maximum absolute atomic E-state index is 6.59. The summed E-state index contributed by atoms with van der Waals surface area (Å²) < 4.78 is 6.59. The molecule has 4 rings (SSSR count). The largest absolute Gasteiger partial charge is 0.358 e. The van der Waals surface area contributed by atoms with E-state index in [1.807, 2.05) is 0 Å². The fourth-order valence-electron chi connectivity index (χ4n) is 3.51. The molecule has 1 saturated heterocycles. The monoisotopic (exact) mass is 274 g/mol. The minimum absolute atomic E-state index is 0.176. The summed E-state index contributed by atoms with van der Waals surface area (Å²) in [6, 6.07) is 21.2. The highest BCUT2D eigenvalue weighted by atomic mass is 16.5. The van der Waals surface area contributed by atoms with Gasteiger partial charge in [0.2, 0.25) is 0 Å². The topological polar surface area (TPSA) is 9.23 Å². The molecule has 0 N–H and O–H groups in total. The van der Waals surface area contributed by atoms with Gasteiger partial charge in [0, 0.05) is 5.92 Å². The summed E-state index contributed by atoms with van der Waals surface area (Å²) in [5.74, 6) is 0.454. The Morgan fingerprint density at radius 2 is 1.33 bits per heavy atom. The van der Waals surface area contributed by atoms with Gasteiger partial charge in [-0.1, -0.05) is 85.0 Å². The second-order valence-electron chi connectivity index (χ2n) is 5.78. The molecule has 0 unspecified atom stereocenters. The molecule has 0 radical (unpaired) electrons. The van der Waals surface area contributed by atoms with Gasteiger partial charge in [0.15, 0.2) is 0 Å². The molecule has 0 amide bonds. The lowest BCUT2D eigenvalue weighted by Crippen LogP contribution is -2.27. The third kappa shape index (κ3) is 2.05. The van der Waals surface area contributed by atoms with Crippen molar-refractivity contribution in [2.24, 2.45) is 5.92 Å². The van der Waals surface area contributed by atoms with Crippen molar-refractivity contribution in [3.8, 4) is 0 Å². The molecular formula is C20H18O. The number of hydrogen-bond acceptors (Lipinski definition) is 1. The lowest BCUT2D eigenvalue weighted by Gasteiger charge is -2.30. The first-order valence-electron chi connectivity index (χ1n) is 7.52. The Labute approximate surface area is 125 Å². The van der Waals surface area contributed by atoms with Gasteiger partial charge in [0.1, 0.15) is 5.60 Å². The zero-order valence-corrected chi connectivity index (χ0v) is 11.9. The van der Waals surface area contributed by atoms with E-state index in [4.69, 9.17) is 4.74 Å². The first-order valence-corrected chi connectivity index (χ1v) is 7.52. The first kappa shape index (κ1) is 12.6. The van der Waals surface area contributed by atoms with Crippen LogP contribution in [0.1, 0.15) is 17.5 Å². The van der Waals surface area contributed by atoms with Crippen LogP contribution in [0.15, 0.2) is 85.0 Å². The van der Waals surface area contributed by atoms with Crippen LogP contribution >= 0.6 is 0 Å². The molecule has 2 aromatic rings. The average molecular weight is 274 g/mol. The van der Waals surface area contributed by atoms with Gasteiger partial charge in [-0.15, -0.1) is 0 Å².